The quantitative estimate of drug-likeness (QED) is 0.420. The first-order valence-electron chi connectivity index (χ1n) is 10.5. The van der Waals surface area contributed by atoms with Gasteiger partial charge in [-0.15, -0.1) is 0 Å². The van der Waals surface area contributed by atoms with E-state index >= 15 is 0 Å². The molecule has 0 amide bonds. The van der Waals surface area contributed by atoms with Gasteiger partial charge in [0.15, 0.2) is 0 Å². The topological polar surface area (TPSA) is 45.8 Å². The molecule has 0 aliphatic heterocycles. The molecule has 0 saturated carbocycles. The molecule has 0 aliphatic carbocycles. The Morgan fingerprint density at radius 1 is 0.833 bits per heavy atom. The molecule has 150 valence electrons. The van der Waals surface area contributed by atoms with Gasteiger partial charge in [0.05, 0.1) is 11.6 Å². The van der Waals surface area contributed by atoms with Gasteiger partial charge < -0.3 is 4.98 Å². The van der Waals surface area contributed by atoms with Crippen LogP contribution in [0.5, 0.6) is 0 Å². The lowest BCUT2D eigenvalue weighted by Gasteiger charge is -2.19. The molecule has 0 radical (unpaired) electrons. The average Bonchev–Trinajstić information content (AvgIpc) is 2.80. The predicted molar refractivity (Wildman–Crippen MR) is 123 cm³/mol. The molecule has 3 aromatic carbocycles. The van der Waals surface area contributed by atoms with Gasteiger partial charge in [-0.2, -0.15) is 0 Å². The van der Waals surface area contributed by atoms with Crippen LogP contribution in [0.25, 0.3) is 11.4 Å². The summed E-state index contributed by atoms with van der Waals surface area (Å²) in [5.74, 6) is 0.495. The fourth-order valence-electron chi connectivity index (χ4n) is 3.79. The number of aromatic nitrogens is 2. The van der Waals surface area contributed by atoms with E-state index in [1.807, 2.05) is 48.5 Å². The summed E-state index contributed by atoms with van der Waals surface area (Å²) in [6.07, 6.45) is 3.47. The molecule has 0 spiro atoms. The van der Waals surface area contributed by atoms with Crippen LogP contribution in [0.4, 0.5) is 0 Å². The van der Waals surface area contributed by atoms with Gasteiger partial charge in [-0.05, 0) is 29.5 Å². The normalized spacial score (nSPS) is 11.9. The van der Waals surface area contributed by atoms with Crippen LogP contribution < -0.4 is 5.56 Å². The minimum Gasteiger partial charge on any atom is -0.307 e. The van der Waals surface area contributed by atoms with Crippen molar-refractivity contribution in [3.05, 3.63) is 124 Å². The Hall–Kier alpha value is -3.46. The molecule has 1 N–H and O–H groups in total. The maximum absolute atomic E-state index is 12.5. The number of H-pyrrole nitrogens is 1. The smallest absolute Gasteiger partial charge is 0.251 e. The van der Waals surface area contributed by atoms with Crippen LogP contribution in [0.2, 0.25) is 0 Å². The SMILES string of the molecule is CCCCc1ccc(C(c2ccccc2)c2cc(=O)[nH]c(-c3ccccc3)n2)cc1. The molecule has 1 heterocycles. The third kappa shape index (κ3) is 4.57. The maximum atomic E-state index is 12.5. The molecule has 0 fully saturated rings. The van der Waals surface area contributed by atoms with E-state index in [1.54, 1.807) is 6.07 Å². The highest BCUT2D eigenvalue weighted by atomic mass is 16.1. The first kappa shape index (κ1) is 19.8. The van der Waals surface area contributed by atoms with Gasteiger partial charge in [0.25, 0.3) is 5.56 Å². The van der Waals surface area contributed by atoms with E-state index in [4.69, 9.17) is 4.98 Å². The predicted octanol–water partition coefficient (Wildman–Crippen LogP) is 5.96. The van der Waals surface area contributed by atoms with Crippen molar-refractivity contribution < 1.29 is 0 Å². The zero-order valence-electron chi connectivity index (χ0n) is 17.2. The monoisotopic (exact) mass is 394 g/mol. The number of aromatic amines is 1. The number of unbranched alkanes of at least 4 members (excludes halogenated alkanes) is 1. The van der Waals surface area contributed by atoms with Crippen molar-refractivity contribution in [2.75, 3.05) is 0 Å². The molecule has 3 heteroatoms. The molecule has 0 aliphatic rings. The Labute approximate surface area is 177 Å². The first-order chi connectivity index (χ1) is 14.7. The summed E-state index contributed by atoms with van der Waals surface area (Å²) in [7, 11) is 0. The van der Waals surface area contributed by atoms with E-state index in [1.165, 1.54) is 18.4 Å². The summed E-state index contributed by atoms with van der Waals surface area (Å²) in [6, 6.07) is 30.4. The van der Waals surface area contributed by atoms with Crippen molar-refractivity contribution >= 4 is 0 Å². The lowest BCUT2D eigenvalue weighted by molar-refractivity contribution is 0.794. The Bertz CT molecular complexity index is 1130. The summed E-state index contributed by atoms with van der Waals surface area (Å²) in [6.45, 7) is 2.21. The van der Waals surface area contributed by atoms with Crippen LogP contribution in [-0.4, -0.2) is 9.97 Å². The van der Waals surface area contributed by atoms with Crippen molar-refractivity contribution in [2.24, 2.45) is 0 Å². The second-order valence-electron chi connectivity index (χ2n) is 7.57. The number of hydrogen-bond acceptors (Lipinski definition) is 2. The molecule has 4 rings (SSSR count). The molecule has 1 atom stereocenters. The number of aryl methyl sites for hydroxylation is 1. The maximum Gasteiger partial charge on any atom is 0.251 e. The van der Waals surface area contributed by atoms with Crippen LogP contribution in [0.15, 0.2) is 95.8 Å². The van der Waals surface area contributed by atoms with E-state index < -0.39 is 0 Å². The second kappa shape index (κ2) is 9.36. The highest BCUT2D eigenvalue weighted by molar-refractivity contribution is 5.55. The van der Waals surface area contributed by atoms with Crippen molar-refractivity contribution in [3.63, 3.8) is 0 Å². The molecular weight excluding hydrogens is 368 g/mol. The lowest BCUT2D eigenvalue weighted by atomic mass is 9.87. The zero-order chi connectivity index (χ0) is 20.8. The standard InChI is InChI=1S/C27H26N2O/c1-2-3-10-20-15-17-22(18-16-20)26(21-11-6-4-7-12-21)24-19-25(30)29-27(28-24)23-13-8-5-9-14-23/h4-9,11-19,26H,2-3,10H2,1H3,(H,28,29,30). The van der Waals surface area contributed by atoms with Crippen molar-refractivity contribution in [1.82, 2.24) is 9.97 Å². The van der Waals surface area contributed by atoms with Crippen LogP contribution in [-0.2, 0) is 6.42 Å². The Morgan fingerprint density at radius 3 is 2.13 bits per heavy atom. The molecule has 30 heavy (non-hydrogen) atoms. The number of hydrogen-bond donors (Lipinski definition) is 1. The molecule has 1 unspecified atom stereocenters. The fraction of sp³-hybridized carbons (Fsp3) is 0.185. The van der Waals surface area contributed by atoms with Crippen LogP contribution in [0, 0.1) is 0 Å². The average molecular weight is 395 g/mol. The Kier molecular flexibility index (Phi) is 6.19. The van der Waals surface area contributed by atoms with E-state index in [-0.39, 0.29) is 11.5 Å². The Morgan fingerprint density at radius 2 is 1.47 bits per heavy atom. The summed E-state index contributed by atoms with van der Waals surface area (Å²) in [5.41, 5.74) is 5.12. The number of benzene rings is 3. The van der Waals surface area contributed by atoms with Gasteiger partial charge in [-0.3, -0.25) is 4.79 Å². The highest BCUT2D eigenvalue weighted by Gasteiger charge is 2.20. The minimum atomic E-state index is -0.139. The number of nitrogens with zero attached hydrogens (tertiary/aromatic N) is 1. The fourth-order valence-corrected chi connectivity index (χ4v) is 3.79. The van der Waals surface area contributed by atoms with Crippen molar-refractivity contribution in [3.8, 4) is 11.4 Å². The van der Waals surface area contributed by atoms with E-state index in [9.17, 15) is 4.79 Å². The molecular formula is C27H26N2O. The number of nitrogens with one attached hydrogen (secondary N) is 1. The summed E-state index contributed by atoms with van der Waals surface area (Å²) < 4.78 is 0. The second-order valence-corrected chi connectivity index (χ2v) is 7.57. The molecule has 1 aromatic heterocycles. The van der Waals surface area contributed by atoms with Gasteiger partial charge in [-0.25, -0.2) is 4.98 Å². The molecule has 0 bridgehead atoms. The minimum absolute atomic E-state index is 0.101. The number of rotatable bonds is 7. The van der Waals surface area contributed by atoms with E-state index in [0.717, 1.165) is 28.8 Å². The summed E-state index contributed by atoms with van der Waals surface area (Å²) in [5, 5.41) is 0. The van der Waals surface area contributed by atoms with Crippen LogP contribution in [0.1, 0.15) is 48.1 Å². The zero-order valence-corrected chi connectivity index (χ0v) is 17.2. The van der Waals surface area contributed by atoms with Crippen molar-refractivity contribution in [2.45, 2.75) is 32.1 Å². The highest BCUT2D eigenvalue weighted by Crippen LogP contribution is 2.31. The van der Waals surface area contributed by atoms with Crippen LogP contribution in [0.3, 0.4) is 0 Å². The molecule has 4 aromatic rings. The van der Waals surface area contributed by atoms with Gasteiger partial charge in [0.2, 0.25) is 0 Å². The van der Waals surface area contributed by atoms with Crippen molar-refractivity contribution in [1.29, 1.82) is 0 Å². The largest absolute Gasteiger partial charge is 0.307 e. The summed E-state index contributed by atoms with van der Waals surface area (Å²) >= 11 is 0. The third-order valence-corrected chi connectivity index (χ3v) is 5.37. The van der Waals surface area contributed by atoms with Crippen LogP contribution >= 0.6 is 0 Å². The van der Waals surface area contributed by atoms with E-state index in [0.29, 0.717) is 5.82 Å². The summed E-state index contributed by atoms with van der Waals surface area (Å²) in [4.78, 5) is 20.3. The lowest BCUT2D eigenvalue weighted by Crippen LogP contribution is -2.14. The van der Waals surface area contributed by atoms with Gasteiger partial charge >= 0.3 is 0 Å². The molecule has 0 saturated heterocycles. The first-order valence-corrected chi connectivity index (χ1v) is 10.5. The van der Waals surface area contributed by atoms with Gasteiger partial charge in [-0.1, -0.05) is 98.3 Å². The van der Waals surface area contributed by atoms with Gasteiger partial charge in [0, 0.05) is 11.6 Å². The molecule has 3 nitrogen and oxygen atoms in total. The van der Waals surface area contributed by atoms with Gasteiger partial charge in [0.1, 0.15) is 5.82 Å². The third-order valence-electron chi connectivity index (χ3n) is 5.37. The Balaban J connectivity index is 1.80. The van der Waals surface area contributed by atoms with E-state index in [2.05, 4.69) is 48.3 Å².